The first-order valence-electron chi connectivity index (χ1n) is 10.4. The maximum atomic E-state index is 12.9. The molecule has 1 aliphatic heterocycles. The highest BCUT2D eigenvalue weighted by molar-refractivity contribution is 7.13. The molecule has 8 heteroatoms. The molecule has 0 unspecified atom stereocenters. The Hall–Kier alpha value is -2.87. The van der Waals surface area contributed by atoms with E-state index in [4.69, 9.17) is 9.47 Å². The molecular weight excluding hydrogens is 412 g/mol. The van der Waals surface area contributed by atoms with Gasteiger partial charge in [-0.1, -0.05) is 0 Å². The molecule has 0 atom stereocenters. The number of aryl methyl sites for hydroxylation is 2. The van der Waals surface area contributed by atoms with Gasteiger partial charge in [-0.3, -0.25) is 4.79 Å². The van der Waals surface area contributed by atoms with Crippen molar-refractivity contribution in [1.82, 2.24) is 19.4 Å². The molecule has 0 bridgehead atoms. The normalized spacial score (nSPS) is 14.6. The number of carbonyl (C=O) groups is 1. The number of piperidine rings is 1. The van der Waals surface area contributed by atoms with Gasteiger partial charge in [-0.05, 0) is 44.4 Å². The van der Waals surface area contributed by atoms with Crippen LogP contribution in [-0.4, -0.2) is 52.7 Å². The second kappa shape index (κ2) is 9.09. The van der Waals surface area contributed by atoms with Crippen LogP contribution in [0.25, 0.3) is 0 Å². The zero-order valence-electron chi connectivity index (χ0n) is 18.4. The Bertz CT molecular complexity index is 1040. The molecular formula is C23H28N4O3S. The predicted octanol–water partition coefficient (Wildman–Crippen LogP) is 4.04. The van der Waals surface area contributed by atoms with Crippen molar-refractivity contribution in [2.45, 2.75) is 39.2 Å². The number of hydrogen-bond acceptors (Lipinski definition) is 6. The van der Waals surface area contributed by atoms with Gasteiger partial charge in [0.2, 0.25) is 0 Å². The summed E-state index contributed by atoms with van der Waals surface area (Å²) in [4.78, 5) is 24.7. The molecule has 0 aliphatic carbocycles. The average Bonchev–Trinajstić information content (AvgIpc) is 3.38. The summed E-state index contributed by atoms with van der Waals surface area (Å²) in [5.41, 5.74) is 1.93. The van der Waals surface area contributed by atoms with E-state index >= 15 is 0 Å². The summed E-state index contributed by atoms with van der Waals surface area (Å²) in [5.74, 6) is 3.05. The van der Waals surface area contributed by atoms with E-state index in [0.717, 1.165) is 64.4 Å². The lowest BCUT2D eigenvalue weighted by Gasteiger charge is -2.31. The zero-order valence-corrected chi connectivity index (χ0v) is 19.2. The molecule has 7 nitrogen and oxygen atoms in total. The van der Waals surface area contributed by atoms with Crippen LogP contribution >= 0.6 is 11.3 Å². The Kier molecular flexibility index (Phi) is 6.27. The summed E-state index contributed by atoms with van der Waals surface area (Å²) < 4.78 is 13.0. The predicted molar refractivity (Wildman–Crippen MR) is 120 cm³/mol. The van der Waals surface area contributed by atoms with Crippen LogP contribution in [0.3, 0.4) is 0 Å². The number of rotatable bonds is 6. The molecule has 4 rings (SSSR count). The van der Waals surface area contributed by atoms with E-state index in [9.17, 15) is 4.79 Å². The van der Waals surface area contributed by atoms with E-state index in [-0.39, 0.29) is 5.91 Å². The number of likely N-dealkylation sites (tertiary alicyclic amines) is 1. The molecule has 0 spiro atoms. The molecule has 1 fully saturated rings. The second-order valence-corrected chi connectivity index (χ2v) is 9.05. The van der Waals surface area contributed by atoms with Crippen molar-refractivity contribution >= 4 is 17.2 Å². The molecule has 1 amide bonds. The summed E-state index contributed by atoms with van der Waals surface area (Å²) in [5, 5.41) is 0.937. The molecule has 2 aromatic heterocycles. The van der Waals surface area contributed by atoms with Gasteiger partial charge in [0.05, 0.1) is 24.9 Å². The molecule has 0 radical (unpaired) electrons. The highest BCUT2D eigenvalue weighted by Crippen LogP contribution is 2.30. The number of imidazole rings is 1. The third kappa shape index (κ3) is 4.58. The number of nitrogens with zero attached hydrogens (tertiary/aromatic N) is 4. The van der Waals surface area contributed by atoms with E-state index in [1.54, 1.807) is 14.2 Å². The van der Waals surface area contributed by atoms with Crippen LogP contribution in [0.4, 0.5) is 0 Å². The lowest BCUT2D eigenvalue weighted by molar-refractivity contribution is 0.0714. The Balaban J connectivity index is 1.44. The Morgan fingerprint density at radius 1 is 1.13 bits per heavy atom. The van der Waals surface area contributed by atoms with Gasteiger partial charge >= 0.3 is 0 Å². The first kappa shape index (κ1) is 21.4. The molecule has 3 aromatic rings. The maximum Gasteiger partial charge on any atom is 0.265 e. The first-order chi connectivity index (χ1) is 15.0. The lowest BCUT2D eigenvalue weighted by Crippen LogP contribution is -2.38. The minimum atomic E-state index is 0.105. The van der Waals surface area contributed by atoms with Crippen molar-refractivity contribution in [3.8, 4) is 11.5 Å². The van der Waals surface area contributed by atoms with Crippen LogP contribution in [0, 0.1) is 13.8 Å². The zero-order chi connectivity index (χ0) is 22.0. The molecule has 1 saturated heterocycles. The fourth-order valence-electron chi connectivity index (χ4n) is 4.18. The second-order valence-electron chi connectivity index (χ2n) is 7.85. The summed E-state index contributed by atoms with van der Waals surface area (Å²) in [6.07, 6.45) is 5.68. The Morgan fingerprint density at radius 3 is 2.39 bits per heavy atom. The topological polar surface area (TPSA) is 69.5 Å². The van der Waals surface area contributed by atoms with Crippen molar-refractivity contribution < 1.29 is 14.3 Å². The largest absolute Gasteiger partial charge is 0.497 e. The van der Waals surface area contributed by atoms with E-state index < -0.39 is 0 Å². The minimum absolute atomic E-state index is 0.105. The monoisotopic (exact) mass is 440 g/mol. The molecule has 1 aromatic carbocycles. The first-order valence-corrected chi connectivity index (χ1v) is 11.3. The Labute approximate surface area is 186 Å². The fourth-order valence-corrected chi connectivity index (χ4v) is 5.07. The third-order valence-electron chi connectivity index (χ3n) is 5.76. The third-order valence-corrected chi connectivity index (χ3v) is 6.82. The number of aromatic nitrogens is 3. The summed E-state index contributed by atoms with van der Waals surface area (Å²) in [6, 6.07) is 5.91. The average molecular weight is 441 g/mol. The standard InChI is InChI=1S/C23H28N4O3S/c1-15-21(31-16(2)25-15)23(28)26-8-5-18(6-9-26)22-24-7-10-27(22)14-17-11-19(29-3)13-20(12-17)30-4/h7,10-13,18H,5-6,8-9,14H2,1-4H3. The smallest absolute Gasteiger partial charge is 0.265 e. The van der Waals surface area contributed by atoms with Crippen LogP contribution in [0.15, 0.2) is 30.6 Å². The van der Waals surface area contributed by atoms with E-state index in [0.29, 0.717) is 12.5 Å². The summed E-state index contributed by atoms with van der Waals surface area (Å²) >= 11 is 1.49. The van der Waals surface area contributed by atoms with Crippen molar-refractivity contribution in [2.75, 3.05) is 27.3 Å². The number of ether oxygens (including phenoxy) is 2. The quantitative estimate of drug-likeness (QED) is 0.579. The Morgan fingerprint density at radius 2 is 1.81 bits per heavy atom. The summed E-state index contributed by atoms with van der Waals surface area (Å²) in [6.45, 7) is 6.02. The van der Waals surface area contributed by atoms with Crippen LogP contribution in [0.2, 0.25) is 0 Å². The number of hydrogen-bond donors (Lipinski definition) is 0. The highest BCUT2D eigenvalue weighted by atomic mass is 32.1. The number of methoxy groups -OCH3 is 2. The van der Waals surface area contributed by atoms with E-state index in [1.165, 1.54) is 11.3 Å². The van der Waals surface area contributed by atoms with Gasteiger partial charge in [0.25, 0.3) is 5.91 Å². The number of thiazole rings is 1. The molecule has 0 saturated carbocycles. The van der Waals surface area contributed by atoms with Gasteiger partial charge in [-0.2, -0.15) is 0 Å². The van der Waals surface area contributed by atoms with Gasteiger partial charge in [0, 0.05) is 44.0 Å². The van der Waals surface area contributed by atoms with E-state index in [1.807, 2.05) is 49.3 Å². The SMILES string of the molecule is COc1cc(Cn2ccnc2C2CCN(C(=O)c3sc(C)nc3C)CC2)cc(OC)c1. The molecule has 1 aliphatic rings. The molecule has 31 heavy (non-hydrogen) atoms. The minimum Gasteiger partial charge on any atom is -0.497 e. The summed E-state index contributed by atoms with van der Waals surface area (Å²) in [7, 11) is 3.32. The van der Waals surface area contributed by atoms with Crippen LogP contribution in [-0.2, 0) is 6.54 Å². The number of benzene rings is 1. The lowest BCUT2D eigenvalue weighted by atomic mass is 9.95. The van der Waals surface area contributed by atoms with Gasteiger partial charge in [-0.15, -0.1) is 11.3 Å². The van der Waals surface area contributed by atoms with Crippen LogP contribution in [0.1, 0.15) is 50.5 Å². The van der Waals surface area contributed by atoms with Gasteiger partial charge in [0.1, 0.15) is 22.2 Å². The van der Waals surface area contributed by atoms with Crippen molar-refractivity contribution in [3.05, 3.63) is 57.6 Å². The number of carbonyl (C=O) groups excluding carboxylic acids is 1. The van der Waals surface area contributed by atoms with Gasteiger partial charge in [-0.25, -0.2) is 9.97 Å². The maximum absolute atomic E-state index is 12.9. The van der Waals surface area contributed by atoms with Crippen LogP contribution < -0.4 is 9.47 Å². The van der Waals surface area contributed by atoms with Crippen molar-refractivity contribution in [1.29, 1.82) is 0 Å². The molecule has 0 N–H and O–H groups in total. The van der Waals surface area contributed by atoms with Gasteiger partial charge in [0.15, 0.2) is 0 Å². The highest BCUT2D eigenvalue weighted by Gasteiger charge is 2.28. The molecule has 3 heterocycles. The fraction of sp³-hybridized carbons (Fsp3) is 0.435. The van der Waals surface area contributed by atoms with E-state index in [2.05, 4.69) is 14.5 Å². The van der Waals surface area contributed by atoms with Crippen molar-refractivity contribution in [3.63, 3.8) is 0 Å². The van der Waals surface area contributed by atoms with Gasteiger partial charge < -0.3 is 18.9 Å². The molecule has 164 valence electrons. The van der Waals surface area contributed by atoms with Crippen LogP contribution in [0.5, 0.6) is 11.5 Å². The number of amides is 1. The van der Waals surface area contributed by atoms with Crippen molar-refractivity contribution in [2.24, 2.45) is 0 Å².